The molecule has 2 aliphatic rings. The van der Waals surface area contributed by atoms with Gasteiger partial charge in [0.05, 0.1) is 11.4 Å². The molecule has 10 heteroatoms. The van der Waals surface area contributed by atoms with Gasteiger partial charge in [-0.2, -0.15) is 0 Å². The van der Waals surface area contributed by atoms with Gasteiger partial charge in [-0.25, -0.2) is 27.8 Å². The Kier molecular flexibility index (Phi) is 4.52. The van der Waals surface area contributed by atoms with Crippen molar-refractivity contribution in [3.05, 3.63) is 24.3 Å². The third-order valence-corrected chi connectivity index (χ3v) is 7.90. The van der Waals surface area contributed by atoms with Gasteiger partial charge in [0.25, 0.3) is 0 Å². The van der Waals surface area contributed by atoms with Gasteiger partial charge in [-0.15, -0.1) is 0 Å². The number of imidazole rings is 1. The highest BCUT2D eigenvalue weighted by atomic mass is 32.2. The number of hydrogen-bond acceptors (Lipinski definition) is 6. The molecule has 1 saturated carbocycles. The van der Waals surface area contributed by atoms with Crippen molar-refractivity contribution in [3.8, 4) is 0 Å². The normalized spacial score (nSPS) is 20.0. The van der Waals surface area contributed by atoms with E-state index >= 15 is 0 Å². The van der Waals surface area contributed by atoms with Crippen LogP contribution in [-0.2, 0) is 10.0 Å². The third-order valence-electron chi connectivity index (χ3n) is 5.99. The van der Waals surface area contributed by atoms with Crippen molar-refractivity contribution in [2.24, 2.45) is 5.92 Å². The SMILES string of the molecule is C[C@@H](O)c1nc2cnc3[nH]ccc3c2n1N1CCC(CNS(=O)(=O)C2CC2)CC1. The lowest BCUT2D eigenvalue weighted by Gasteiger charge is -2.35. The number of aromatic amines is 1. The summed E-state index contributed by atoms with van der Waals surface area (Å²) < 4.78 is 29.0. The number of fused-ring (bicyclic) bond motifs is 3. The summed E-state index contributed by atoms with van der Waals surface area (Å²) in [4.78, 5) is 12.2. The number of rotatable bonds is 6. The molecule has 9 nitrogen and oxygen atoms in total. The molecule has 4 heterocycles. The van der Waals surface area contributed by atoms with E-state index in [4.69, 9.17) is 0 Å². The van der Waals surface area contributed by atoms with Gasteiger partial charge in [-0.1, -0.05) is 0 Å². The van der Waals surface area contributed by atoms with Crippen molar-refractivity contribution >= 4 is 32.1 Å². The van der Waals surface area contributed by atoms with Crippen LogP contribution < -0.4 is 9.73 Å². The van der Waals surface area contributed by atoms with E-state index in [1.807, 2.05) is 16.9 Å². The Morgan fingerprint density at radius 3 is 2.76 bits per heavy atom. The van der Waals surface area contributed by atoms with E-state index in [0.29, 0.717) is 18.3 Å². The summed E-state index contributed by atoms with van der Waals surface area (Å²) in [6, 6.07) is 1.98. The summed E-state index contributed by atoms with van der Waals surface area (Å²) in [5.41, 5.74) is 2.49. The lowest BCUT2D eigenvalue weighted by molar-refractivity contribution is 0.182. The molecule has 1 saturated heterocycles. The second kappa shape index (κ2) is 6.96. The maximum Gasteiger partial charge on any atom is 0.214 e. The van der Waals surface area contributed by atoms with Gasteiger partial charge in [0.15, 0.2) is 5.82 Å². The van der Waals surface area contributed by atoms with E-state index in [0.717, 1.165) is 60.8 Å². The fraction of sp³-hybridized carbons (Fsp3) is 0.579. The number of nitrogens with zero attached hydrogens (tertiary/aromatic N) is 4. The molecule has 156 valence electrons. The Morgan fingerprint density at radius 2 is 2.07 bits per heavy atom. The van der Waals surface area contributed by atoms with Gasteiger partial charge in [0.1, 0.15) is 22.8 Å². The molecule has 5 rings (SSSR count). The van der Waals surface area contributed by atoms with E-state index in [9.17, 15) is 13.5 Å². The Morgan fingerprint density at radius 1 is 1.31 bits per heavy atom. The quantitative estimate of drug-likeness (QED) is 0.557. The molecule has 3 aromatic heterocycles. The Hall–Kier alpha value is -2.17. The Labute approximate surface area is 169 Å². The molecule has 0 spiro atoms. The van der Waals surface area contributed by atoms with Crippen molar-refractivity contribution < 1.29 is 13.5 Å². The summed E-state index contributed by atoms with van der Waals surface area (Å²) >= 11 is 0. The van der Waals surface area contributed by atoms with E-state index in [1.165, 1.54) is 0 Å². The number of pyridine rings is 1. The number of nitrogens with one attached hydrogen (secondary N) is 2. The zero-order chi connectivity index (χ0) is 20.2. The molecule has 0 unspecified atom stereocenters. The molecule has 3 N–H and O–H groups in total. The molecule has 0 radical (unpaired) electrons. The number of aliphatic hydroxyl groups is 1. The van der Waals surface area contributed by atoms with Gasteiger partial charge in [-0.05, 0) is 44.6 Å². The zero-order valence-corrected chi connectivity index (χ0v) is 17.2. The van der Waals surface area contributed by atoms with Crippen LogP contribution in [-0.4, -0.2) is 58.0 Å². The van der Waals surface area contributed by atoms with Crippen LogP contribution in [0.3, 0.4) is 0 Å². The van der Waals surface area contributed by atoms with Crippen molar-refractivity contribution in [2.45, 2.75) is 44.0 Å². The first-order valence-corrected chi connectivity index (χ1v) is 11.7. The number of sulfonamides is 1. The first-order valence-electron chi connectivity index (χ1n) is 10.2. The van der Waals surface area contributed by atoms with Crippen molar-refractivity contribution in [3.63, 3.8) is 0 Å². The molecule has 0 bridgehead atoms. The number of H-pyrrole nitrogens is 1. The average Bonchev–Trinajstić information content (AvgIpc) is 3.34. The summed E-state index contributed by atoms with van der Waals surface area (Å²) in [5, 5.41) is 13.3. The van der Waals surface area contributed by atoms with Crippen LogP contribution in [0.25, 0.3) is 22.1 Å². The smallest absolute Gasteiger partial charge is 0.214 e. The maximum atomic E-state index is 12.1. The van der Waals surface area contributed by atoms with Crippen molar-refractivity contribution in [1.29, 1.82) is 0 Å². The molecule has 1 aliphatic heterocycles. The van der Waals surface area contributed by atoms with Gasteiger partial charge >= 0.3 is 0 Å². The molecule has 1 atom stereocenters. The summed E-state index contributed by atoms with van der Waals surface area (Å²) in [6.07, 6.45) is 6.21. The lowest BCUT2D eigenvalue weighted by Crippen LogP contribution is -2.45. The van der Waals surface area contributed by atoms with Crippen LogP contribution in [0.1, 0.15) is 44.5 Å². The highest BCUT2D eigenvalue weighted by Gasteiger charge is 2.36. The van der Waals surface area contributed by atoms with Crippen LogP contribution >= 0.6 is 0 Å². The molecular formula is C19H26N6O3S. The Balaban J connectivity index is 1.38. The topological polar surface area (TPSA) is 116 Å². The summed E-state index contributed by atoms with van der Waals surface area (Å²) in [7, 11) is -3.13. The molecule has 29 heavy (non-hydrogen) atoms. The Bertz CT molecular complexity index is 1140. The minimum absolute atomic E-state index is 0.175. The molecular weight excluding hydrogens is 392 g/mol. The number of hydrogen-bond donors (Lipinski definition) is 3. The zero-order valence-electron chi connectivity index (χ0n) is 16.4. The van der Waals surface area contributed by atoms with E-state index in [-0.39, 0.29) is 5.25 Å². The van der Waals surface area contributed by atoms with Crippen LogP contribution in [0.2, 0.25) is 0 Å². The average molecular weight is 419 g/mol. The third kappa shape index (κ3) is 3.38. The number of aliphatic hydroxyl groups excluding tert-OH is 1. The highest BCUT2D eigenvalue weighted by molar-refractivity contribution is 7.90. The first kappa shape index (κ1) is 18.8. The van der Waals surface area contributed by atoms with Crippen molar-refractivity contribution in [1.82, 2.24) is 24.4 Å². The predicted molar refractivity (Wildman–Crippen MR) is 111 cm³/mol. The largest absolute Gasteiger partial charge is 0.385 e. The standard InChI is InChI=1S/C19H26N6O3S/c1-12(26)19-23-16-11-21-18-15(4-7-20-18)17(16)25(19)24-8-5-13(6-9-24)10-22-29(27,28)14-2-3-14/h4,7,11-14,22,26H,2-3,5-6,8-10H2,1H3,(H,20,21)/t12-/m1/s1. The summed E-state index contributed by atoms with van der Waals surface area (Å²) in [5.74, 6) is 0.918. The monoisotopic (exact) mass is 418 g/mol. The maximum absolute atomic E-state index is 12.1. The fourth-order valence-corrected chi connectivity index (χ4v) is 5.64. The van der Waals surface area contributed by atoms with Crippen molar-refractivity contribution in [2.75, 3.05) is 24.6 Å². The molecule has 3 aromatic rings. The molecule has 0 amide bonds. The van der Waals surface area contributed by atoms with E-state index in [1.54, 1.807) is 13.1 Å². The highest BCUT2D eigenvalue weighted by Crippen LogP contribution is 2.30. The van der Waals surface area contributed by atoms with Crippen LogP contribution in [0.15, 0.2) is 18.5 Å². The van der Waals surface area contributed by atoms with Crippen LogP contribution in [0, 0.1) is 5.92 Å². The van der Waals surface area contributed by atoms with Crippen LogP contribution in [0.5, 0.6) is 0 Å². The number of aromatic nitrogens is 4. The molecule has 2 fully saturated rings. The second-order valence-corrected chi connectivity index (χ2v) is 10.2. The number of piperidine rings is 1. The van der Waals surface area contributed by atoms with Gasteiger partial charge in [0, 0.05) is 31.2 Å². The second-order valence-electron chi connectivity index (χ2n) is 8.18. The fourth-order valence-electron chi connectivity index (χ4n) is 4.18. The lowest BCUT2D eigenvalue weighted by atomic mass is 9.98. The van der Waals surface area contributed by atoms with E-state index in [2.05, 4.69) is 24.7 Å². The summed E-state index contributed by atoms with van der Waals surface area (Å²) in [6.45, 7) is 3.77. The van der Waals surface area contributed by atoms with Gasteiger partial charge < -0.3 is 15.1 Å². The van der Waals surface area contributed by atoms with Gasteiger partial charge in [0.2, 0.25) is 10.0 Å². The van der Waals surface area contributed by atoms with Crippen LogP contribution in [0.4, 0.5) is 0 Å². The van der Waals surface area contributed by atoms with Gasteiger partial charge in [-0.3, -0.25) is 0 Å². The first-order chi connectivity index (χ1) is 13.9. The minimum atomic E-state index is -3.13. The molecule has 1 aliphatic carbocycles. The molecule has 0 aromatic carbocycles. The van der Waals surface area contributed by atoms with E-state index < -0.39 is 16.1 Å². The predicted octanol–water partition coefficient (Wildman–Crippen LogP) is 1.40. The minimum Gasteiger partial charge on any atom is -0.385 e.